The Labute approximate surface area is 137 Å². The summed E-state index contributed by atoms with van der Waals surface area (Å²) >= 11 is 5.90. The number of carbonyl (C=O) groups is 1. The first-order chi connectivity index (χ1) is 11.2. The van der Waals surface area contributed by atoms with E-state index in [9.17, 15) is 4.79 Å². The molecule has 1 amide bonds. The van der Waals surface area contributed by atoms with Crippen LogP contribution >= 0.6 is 11.6 Å². The second kappa shape index (κ2) is 5.55. The Morgan fingerprint density at radius 3 is 2.70 bits per heavy atom. The van der Waals surface area contributed by atoms with Crippen LogP contribution in [0.2, 0.25) is 5.02 Å². The molecule has 4 rings (SSSR count). The first kappa shape index (κ1) is 14.0. The van der Waals surface area contributed by atoms with E-state index >= 15 is 0 Å². The lowest BCUT2D eigenvalue weighted by atomic mass is 10.3. The fourth-order valence-electron chi connectivity index (χ4n) is 2.29. The number of carbonyl (C=O) groups excluding carboxylic acids is 1. The fourth-order valence-corrected chi connectivity index (χ4v) is 2.42. The first-order valence-corrected chi connectivity index (χ1v) is 7.76. The zero-order valence-electron chi connectivity index (χ0n) is 12.2. The molecule has 2 N–H and O–H groups in total. The van der Waals surface area contributed by atoms with E-state index in [0.29, 0.717) is 16.6 Å². The number of hydrogen-bond acceptors (Lipinski definition) is 4. The number of nitrogens with zero attached hydrogens (tertiary/aromatic N) is 3. The van der Waals surface area contributed by atoms with Crippen LogP contribution in [0, 0.1) is 5.92 Å². The highest BCUT2D eigenvalue weighted by Gasteiger charge is 2.30. The smallest absolute Gasteiger partial charge is 0.249 e. The van der Waals surface area contributed by atoms with Crippen LogP contribution in [-0.2, 0) is 4.79 Å². The molecular formula is C16H14ClN5O. The lowest BCUT2D eigenvalue weighted by Crippen LogP contribution is -2.14. The van der Waals surface area contributed by atoms with Gasteiger partial charge in [0.25, 0.3) is 0 Å². The Morgan fingerprint density at radius 2 is 1.96 bits per heavy atom. The van der Waals surface area contributed by atoms with Crippen LogP contribution in [0.25, 0.3) is 5.65 Å². The Morgan fingerprint density at radius 1 is 1.17 bits per heavy atom. The number of halogens is 1. The monoisotopic (exact) mass is 327 g/mol. The molecule has 23 heavy (non-hydrogen) atoms. The Bertz CT molecular complexity index is 870. The van der Waals surface area contributed by atoms with Crippen molar-refractivity contribution < 1.29 is 4.79 Å². The van der Waals surface area contributed by atoms with Crippen molar-refractivity contribution in [2.24, 2.45) is 5.92 Å². The van der Waals surface area contributed by atoms with Gasteiger partial charge in [-0.3, -0.25) is 10.1 Å². The Balaban J connectivity index is 1.62. The molecule has 0 radical (unpaired) electrons. The van der Waals surface area contributed by atoms with Gasteiger partial charge < -0.3 is 5.32 Å². The van der Waals surface area contributed by atoms with Gasteiger partial charge in [-0.25, -0.2) is 0 Å². The van der Waals surface area contributed by atoms with Gasteiger partial charge in [-0.05, 0) is 49.2 Å². The van der Waals surface area contributed by atoms with Gasteiger partial charge in [0.05, 0.1) is 0 Å². The largest absolute Gasteiger partial charge is 0.340 e. The molecule has 1 aliphatic carbocycles. The molecule has 7 heteroatoms. The van der Waals surface area contributed by atoms with Crippen molar-refractivity contribution in [3.63, 3.8) is 0 Å². The van der Waals surface area contributed by atoms with E-state index in [0.717, 1.165) is 24.3 Å². The van der Waals surface area contributed by atoms with Crippen LogP contribution in [0.15, 0.2) is 42.5 Å². The van der Waals surface area contributed by atoms with E-state index in [2.05, 4.69) is 20.7 Å². The van der Waals surface area contributed by atoms with Gasteiger partial charge >= 0.3 is 0 Å². The molecule has 0 atom stereocenters. The molecule has 116 valence electrons. The van der Waals surface area contributed by atoms with Crippen LogP contribution in [-0.4, -0.2) is 20.5 Å². The molecule has 6 nitrogen and oxygen atoms in total. The number of pyridine rings is 1. The third-order valence-electron chi connectivity index (χ3n) is 3.66. The van der Waals surface area contributed by atoms with Gasteiger partial charge in [0.15, 0.2) is 5.65 Å². The molecule has 0 spiro atoms. The average molecular weight is 328 g/mol. The van der Waals surface area contributed by atoms with Crippen LogP contribution in [0.1, 0.15) is 12.8 Å². The van der Waals surface area contributed by atoms with Gasteiger partial charge in [-0.1, -0.05) is 17.7 Å². The maximum absolute atomic E-state index is 11.8. The van der Waals surface area contributed by atoms with E-state index in [4.69, 9.17) is 11.6 Å². The minimum Gasteiger partial charge on any atom is -0.340 e. The predicted molar refractivity (Wildman–Crippen MR) is 89.1 cm³/mol. The highest BCUT2D eigenvalue weighted by Crippen LogP contribution is 2.30. The lowest BCUT2D eigenvalue weighted by molar-refractivity contribution is -0.117. The molecule has 2 aromatic heterocycles. The molecular weight excluding hydrogens is 314 g/mol. The molecule has 0 aliphatic heterocycles. The second-order valence-corrected chi connectivity index (χ2v) is 5.95. The third kappa shape index (κ3) is 2.98. The van der Waals surface area contributed by atoms with Crippen molar-refractivity contribution in [1.29, 1.82) is 0 Å². The molecule has 3 aromatic rings. The van der Waals surface area contributed by atoms with Gasteiger partial charge in [0.1, 0.15) is 5.82 Å². The predicted octanol–water partition coefficient (Wildman–Crippen LogP) is 3.47. The summed E-state index contributed by atoms with van der Waals surface area (Å²) in [7, 11) is 0. The van der Waals surface area contributed by atoms with E-state index in [1.165, 1.54) is 0 Å². The minimum atomic E-state index is -0.00637. The Hall–Kier alpha value is -2.60. The SMILES string of the molecule is O=C(Nc1nc2cccc(Nc3ccc(Cl)cc3)n2n1)C1CC1. The summed E-state index contributed by atoms with van der Waals surface area (Å²) in [6, 6.07) is 13.0. The second-order valence-electron chi connectivity index (χ2n) is 5.51. The summed E-state index contributed by atoms with van der Waals surface area (Å²) < 4.78 is 1.66. The van der Waals surface area contributed by atoms with E-state index in [1.54, 1.807) is 4.52 Å². The molecule has 1 fully saturated rings. The quantitative estimate of drug-likeness (QED) is 0.769. The maximum atomic E-state index is 11.8. The normalized spacial score (nSPS) is 14.0. The summed E-state index contributed by atoms with van der Waals surface area (Å²) in [5.41, 5.74) is 1.55. The molecule has 1 aromatic carbocycles. The molecule has 0 unspecified atom stereocenters. The zero-order chi connectivity index (χ0) is 15.8. The first-order valence-electron chi connectivity index (χ1n) is 7.38. The number of hydrogen-bond donors (Lipinski definition) is 2. The van der Waals surface area contributed by atoms with Crippen LogP contribution in [0.4, 0.5) is 17.5 Å². The number of amides is 1. The van der Waals surface area contributed by atoms with Crippen molar-refractivity contribution in [1.82, 2.24) is 14.6 Å². The van der Waals surface area contributed by atoms with Gasteiger partial charge in [-0.15, -0.1) is 5.10 Å². The third-order valence-corrected chi connectivity index (χ3v) is 3.91. The number of rotatable bonds is 4. The standard InChI is InChI=1S/C16H14ClN5O/c17-11-6-8-12(9-7-11)18-13-2-1-3-14-19-16(21-22(13)14)20-15(23)10-4-5-10/h1-3,6-10,18H,4-5H2,(H,20,21,23). The molecule has 1 saturated carbocycles. The topological polar surface area (TPSA) is 71.3 Å². The number of nitrogens with one attached hydrogen (secondary N) is 2. The van der Waals surface area contributed by atoms with Gasteiger partial charge in [0, 0.05) is 16.6 Å². The lowest BCUT2D eigenvalue weighted by Gasteiger charge is -2.07. The van der Waals surface area contributed by atoms with Crippen LogP contribution in [0.5, 0.6) is 0 Å². The van der Waals surface area contributed by atoms with Gasteiger partial charge in [-0.2, -0.15) is 9.50 Å². The molecule has 0 saturated heterocycles. The molecule has 0 bridgehead atoms. The molecule has 2 heterocycles. The average Bonchev–Trinajstić information content (AvgIpc) is 3.31. The highest BCUT2D eigenvalue weighted by molar-refractivity contribution is 6.30. The number of anilines is 3. The number of aromatic nitrogens is 3. The van der Waals surface area contributed by atoms with E-state index < -0.39 is 0 Å². The summed E-state index contributed by atoms with van der Waals surface area (Å²) in [6.07, 6.45) is 1.89. The van der Waals surface area contributed by atoms with E-state index in [-0.39, 0.29) is 11.8 Å². The van der Waals surface area contributed by atoms with Crippen LogP contribution in [0.3, 0.4) is 0 Å². The Kier molecular flexibility index (Phi) is 3.38. The van der Waals surface area contributed by atoms with Crippen molar-refractivity contribution in [2.75, 3.05) is 10.6 Å². The fraction of sp³-hybridized carbons (Fsp3) is 0.188. The zero-order valence-corrected chi connectivity index (χ0v) is 12.9. The van der Waals surface area contributed by atoms with E-state index in [1.807, 2.05) is 42.5 Å². The van der Waals surface area contributed by atoms with Crippen LogP contribution < -0.4 is 10.6 Å². The summed E-state index contributed by atoms with van der Waals surface area (Å²) in [5.74, 6) is 1.19. The number of fused-ring (bicyclic) bond motifs is 1. The highest BCUT2D eigenvalue weighted by atomic mass is 35.5. The van der Waals surface area contributed by atoms with Gasteiger partial charge in [0.2, 0.25) is 11.9 Å². The summed E-state index contributed by atoms with van der Waals surface area (Å²) in [6.45, 7) is 0. The molecule has 1 aliphatic rings. The van der Waals surface area contributed by atoms with Crippen molar-refractivity contribution in [3.8, 4) is 0 Å². The van der Waals surface area contributed by atoms with Crippen molar-refractivity contribution >= 4 is 40.6 Å². The van der Waals surface area contributed by atoms with Crippen molar-refractivity contribution in [3.05, 3.63) is 47.5 Å². The maximum Gasteiger partial charge on any atom is 0.249 e. The number of benzene rings is 1. The minimum absolute atomic E-state index is 0.00637. The van der Waals surface area contributed by atoms with Crippen molar-refractivity contribution in [2.45, 2.75) is 12.8 Å². The summed E-state index contributed by atoms with van der Waals surface area (Å²) in [4.78, 5) is 16.2. The summed E-state index contributed by atoms with van der Waals surface area (Å²) in [5, 5.41) is 11.1.